The summed E-state index contributed by atoms with van der Waals surface area (Å²) < 4.78 is 0. The van der Waals surface area contributed by atoms with Crippen molar-refractivity contribution in [2.45, 2.75) is 25.0 Å². The molecular formula is C7H14N2S. The lowest BCUT2D eigenvalue weighted by Gasteiger charge is -2.05. The summed E-state index contributed by atoms with van der Waals surface area (Å²) in [6.45, 7) is 2.84. The molecule has 0 aliphatic rings. The summed E-state index contributed by atoms with van der Waals surface area (Å²) in [7, 11) is 0. The third-order valence-electron chi connectivity index (χ3n) is 1.17. The van der Waals surface area contributed by atoms with Gasteiger partial charge in [-0.2, -0.15) is 17.0 Å². The molecule has 0 saturated heterocycles. The molecule has 0 heterocycles. The van der Waals surface area contributed by atoms with E-state index >= 15 is 0 Å². The van der Waals surface area contributed by atoms with Crippen LogP contribution in [0.15, 0.2) is 0 Å². The van der Waals surface area contributed by atoms with Crippen molar-refractivity contribution in [2.24, 2.45) is 5.73 Å². The Morgan fingerprint density at radius 1 is 1.70 bits per heavy atom. The first-order valence-corrected chi connectivity index (χ1v) is 4.54. The summed E-state index contributed by atoms with van der Waals surface area (Å²) in [4.78, 5) is 0. The van der Waals surface area contributed by atoms with Crippen molar-refractivity contribution < 1.29 is 0 Å². The fourth-order valence-electron chi connectivity index (χ4n) is 0.504. The second kappa shape index (κ2) is 6.91. The van der Waals surface area contributed by atoms with Gasteiger partial charge in [-0.15, -0.1) is 0 Å². The van der Waals surface area contributed by atoms with E-state index in [0.717, 1.165) is 18.7 Å². The van der Waals surface area contributed by atoms with Crippen molar-refractivity contribution in [1.29, 1.82) is 5.26 Å². The van der Waals surface area contributed by atoms with Crippen LogP contribution in [0.2, 0.25) is 0 Å². The second-order valence-electron chi connectivity index (χ2n) is 2.18. The van der Waals surface area contributed by atoms with E-state index in [1.165, 1.54) is 0 Å². The Labute approximate surface area is 66.8 Å². The van der Waals surface area contributed by atoms with Crippen LogP contribution in [0.3, 0.4) is 0 Å². The Morgan fingerprint density at radius 3 is 2.90 bits per heavy atom. The molecule has 0 aromatic heterocycles. The van der Waals surface area contributed by atoms with Crippen molar-refractivity contribution in [3.63, 3.8) is 0 Å². The van der Waals surface area contributed by atoms with Gasteiger partial charge in [-0.1, -0.05) is 6.92 Å². The molecule has 0 aromatic carbocycles. The number of hydrogen-bond acceptors (Lipinski definition) is 3. The Balaban J connectivity index is 2.98. The highest BCUT2D eigenvalue weighted by molar-refractivity contribution is 7.99. The largest absolute Gasteiger partial charge is 0.329 e. The maximum Gasteiger partial charge on any atom is 0.0622 e. The van der Waals surface area contributed by atoms with Crippen LogP contribution >= 0.6 is 11.8 Å². The molecule has 0 aromatic rings. The maximum absolute atomic E-state index is 8.20. The van der Waals surface area contributed by atoms with Crippen LogP contribution in [0, 0.1) is 11.3 Å². The van der Waals surface area contributed by atoms with E-state index in [1.807, 2.05) is 11.8 Å². The van der Waals surface area contributed by atoms with E-state index in [9.17, 15) is 0 Å². The van der Waals surface area contributed by atoms with Crippen molar-refractivity contribution in [3.05, 3.63) is 0 Å². The first-order valence-electron chi connectivity index (χ1n) is 3.50. The van der Waals surface area contributed by atoms with Crippen LogP contribution in [0.5, 0.6) is 0 Å². The summed E-state index contributed by atoms with van der Waals surface area (Å²) in [5.74, 6) is 1.06. The minimum atomic E-state index is 0.540. The first-order chi connectivity index (χ1) is 4.81. The molecule has 0 saturated carbocycles. The van der Waals surface area contributed by atoms with Crippen molar-refractivity contribution in [3.8, 4) is 6.07 Å². The predicted molar refractivity (Wildman–Crippen MR) is 45.8 cm³/mol. The van der Waals surface area contributed by atoms with E-state index in [2.05, 4.69) is 13.0 Å². The predicted octanol–water partition coefficient (Wildman–Crippen LogP) is 1.37. The number of rotatable bonds is 5. The lowest BCUT2D eigenvalue weighted by atomic mass is 10.4. The molecule has 1 atom stereocenters. The summed E-state index contributed by atoms with van der Waals surface area (Å²) >= 11 is 1.84. The lowest BCUT2D eigenvalue weighted by Crippen LogP contribution is -2.12. The molecule has 10 heavy (non-hydrogen) atoms. The van der Waals surface area contributed by atoms with Crippen LogP contribution in [0.25, 0.3) is 0 Å². The van der Waals surface area contributed by atoms with Crippen LogP contribution in [0.4, 0.5) is 0 Å². The third-order valence-corrected chi connectivity index (χ3v) is 2.45. The van der Waals surface area contributed by atoms with Crippen LogP contribution in [-0.4, -0.2) is 17.5 Å². The van der Waals surface area contributed by atoms with Gasteiger partial charge in [0.25, 0.3) is 0 Å². The lowest BCUT2D eigenvalue weighted by molar-refractivity contribution is 0.932. The fourth-order valence-corrected chi connectivity index (χ4v) is 1.35. The highest BCUT2D eigenvalue weighted by Gasteiger charge is 1.97. The molecular weight excluding hydrogens is 144 g/mol. The third kappa shape index (κ3) is 5.93. The van der Waals surface area contributed by atoms with Gasteiger partial charge >= 0.3 is 0 Å². The molecule has 0 fully saturated rings. The number of thioether (sulfide) groups is 1. The second-order valence-corrected chi connectivity index (χ2v) is 3.73. The maximum atomic E-state index is 8.20. The van der Waals surface area contributed by atoms with Gasteiger partial charge in [0.15, 0.2) is 0 Å². The van der Waals surface area contributed by atoms with Gasteiger partial charge in [-0.05, 0) is 12.2 Å². The molecule has 1 unspecified atom stereocenters. The number of nitrogens with two attached hydrogens (primary N) is 1. The van der Waals surface area contributed by atoms with E-state index in [1.54, 1.807) is 0 Å². The van der Waals surface area contributed by atoms with Crippen molar-refractivity contribution in [1.82, 2.24) is 0 Å². The molecule has 2 nitrogen and oxygen atoms in total. The summed E-state index contributed by atoms with van der Waals surface area (Å²) in [6, 6.07) is 2.11. The zero-order chi connectivity index (χ0) is 7.82. The Bertz CT molecular complexity index is 109. The topological polar surface area (TPSA) is 49.8 Å². The number of unbranched alkanes of at least 4 members (excludes halogenated alkanes) is 1. The SMILES string of the molecule is CC(CN)SCCCC#N. The molecule has 0 rings (SSSR count). The molecule has 0 amide bonds. The van der Waals surface area contributed by atoms with Gasteiger partial charge in [0.05, 0.1) is 6.07 Å². The molecule has 2 N–H and O–H groups in total. The fraction of sp³-hybridized carbons (Fsp3) is 0.857. The minimum absolute atomic E-state index is 0.540. The Hall–Kier alpha value is -0.200. The normalized spacial score (nSPS) is 12.5. The first kappa shape index (κ1) is 9.80. The van der Waals surface area contributed by atoms with Crippen LogP contribution in [-0.2, 0) is 0 Å². The monoisotopic (exact) mass is 158 g/mol. The molecule has 0 bridgehead atoms. The van der Waals surface area contributed by atoms with Gasteiger partial charge in [-0.25, -0.2) is 0 Å². The average molecular weight is 158 g/mol. The van der Waals surface area contributed by atoms with Gasteiger partial charge in [-0.3, -0.25) is 0 Å². The number of nitrogens with zero attached hydrogens (tertiary/aromatic N) is 1. The van der Waals surface area contributed by atoms with E-state index in [-0.39, 0.29) is 0 Å². The van der Waals surface area contributed by atoms with Crippen molar-refractivity contribution >= 4 is 11.8 Å². The molecule has 0 aliphatic carbocycles. The van der Waals surface area contributed by atoms with E-state index in [0.29, 0.717) is 11.7 Å². The van der Waals surface area contributed by atoms with Gasteiger partial charge < -0.3 is 5.73 Å². The highest BCUT2D eigenvalue weighted by atomic mass is 32.2. The van der Waals surface area contributed by atoms with Gasteiger partial charge in [0.2, 0.25) is 0 Å². The minimum Gasteiger partial charge on any atom is -0.329 e. The summed E-state index contributed by atoms with van der Waals surface area (Å²) in [6.07, 6.45) is 1.66. The zero-order valence-corrected chi connectivity index (χ0v) is 7.16. The van der Waals surface area contributed by atoms with Gasteiger partial charge in [0, 0.05) is 18.2 Å². The zero-order valence-electron chi connectivity index (χ0n) is 6.34. The quantitative estimate of drug-likeness (QED) is 0.615. The Morgan fingerprint density at radius 2 is 2.40 bits per heavy atom. The summed E-state index contributed by atoms with van der Waals surface area (Å²) in [5, 5.41) is 8.75. The summed E-state index contributed by atoms with van der Waals surface area (Å²) in [5.41, 5.74) is 5.40. The van der Waals surface area contributed by atoms with Crippen LogP contribution < -0.4 is 5.73 Å². The van der Waals surface area contributed by atoms with E-state index < -0.39 is 0 Å². The molecule has 58 valence electrons. The van der Waals surface area contributed by atoms with E-state index in [4.69, 9.17) is 11.0 Å². The van der Waals surface area contributed by atoms with Crippen LogP contribution in [0.1, 0.15) is 19.8 Å². The molecule has 3 heteroatoms. The smallest absolute Gasteiger partial charge is 0.0622 e. The highest BCUT2D eigenvalue weighted by Crippen LogP contribution is 2.10. The number of hydrogen-bond donors (Lipinski definition) is 1. The number of nitriles is 1. The molecule has 0 aliphatic heterocycles. The molecule has 0 radical (unpaired) electrons. The standard InChI is InChI=1S/C7H14N2S/c1-7(6-9)10-5-3-2-4-8/h7H,2-3,5-6,9H2,1H3. The van der Waals surface area contributed by atoms with Gasteiger partial charge in [0.1, 0.15) is 0 Å². The Kier molecular flexibility index (Phi) is 6.78. The van der Waals surface area contributed by atoms with Crippen molar-refractivity contribution in [2.75, 3.05) is 12.3 Å². The molecule has 0 spiro atoms. The average Bonchev–Trinajstić information content (AvgIpc) is 1.98.